The van der Waals surface area contributed by atoms with Gasteiger partial charge in [-0.25, -0.2) is 0 Å². The van der Waals surface area contributed by atoms with Crippen LogP contribution in [0.4, 0.5) is 0 Å². The normalized spacial score (nSPS) is 14.1. The summed E-state index contributed by atoms with van der Waals surface area (Å²) < 4.78 is 16.4. The second-order valence-electron chi connectivity index (χ2n) is 8.87. The molecule has 0 bridgehead atoms. The van der Waals surface area contributed by atoms with Gasteiger partial charge in [-0.05, 0) is 58.9 Å². The highest BCUT2D eigenvalue weighted by Crippen LogP contribution is 2.23. The fraction of sp³-hybridized carbons (Fsp3) is 0.800. The molecule has 1 atom stereocenters. The Balaban J connectivity index is 5.49. The predicted octanol–water partition coefficient (Wildman–Crippen LogP) is 3.37. The highest BCUT2D eigenvalue weighted by Gasteiger charge is 2.43. The van der Waals surface area contributed by atoms with Crippen LogP contribution < -0.4 is 0 Å². The molecule has 0 aliphatic heterocycles. The van der Waals surface area contributed by atoms with Gasteiger partial charge in [-0.1, -0.05) is 6.92 Å². The van der Waals surface area contributed by atoms with Gasteiger partial charge >= 0.3 is 11.9 Å². The summed E-state index contributed by atoms with van der Waals surface area (Å²) in [5.41, 5.74) is 0. The van der Waals surface area contributed by atoms with E-state index >= 15 is 0 Å². The summed E-state index contributed by atoms with van der Waals surface area (Å²) in [4.78, 5) is 37.4. The molecule has 0 N–H and O–H groups in total. The summed E-state index contributed by atoms with van der Waals surface area (Å²) in [6, 6.07) is 0. The van der Waals surface area contributed by atoms with E-state index < -0.39 is 54.7 Å². The van der Waals surface area contributed by atoms with Crippen LogP contribution >= 0.6 is 0 Å². The molecule has 0 saturated carbocycles. The molecule has 140 valence electrons. The molecule has 9 heteroatoms. The maximum Gasteiger partial charge on any atom is 0.307 e. The standard InChI is InChI=1S/C15H32O6Si3/c1-11(13(16)19-22(2,3)4)12(14(17)20-23(5,6)7)15(18)21-24(8,9)10/h11-12H,1-10H3. The molecule has 0 aromatic rings. The van der Waals surface area contributed by atoms with Crippen LogP contribution in [0, 0.1) is 11.8 Å². The van der Waals surface area contributed by atoms with Crippen LogP contribution in [-0.2, 0) is 27.7 Å². The molecule has 1 unspecified atom stereocenters. The van der Waals surface area contributed by atoms with Crippen molar-refractivity contribution in [2.45, 2.75) is 65.8 Å². The van der Waals surface area contributed by atoms with Gasteiger partial charge in [-0.3, -0.25) is 14.4 Å². The molecule has 0 aromatic heterocycles. The minimum Gasteiger partial charge on any atom is -0.520 e. The van der Waals surface area contributed by atoms with Crippen LogP contribution in [0.2, 0.25) is 58.9 Å². The third kappa shape index (κ3) is 9.38. The fourth-order valence-electron chi connectivity index (χ4n) is 1.77. The SMILES string of the molecule is CC(C(=O)O[Si](C)(C)C)C(C(=O)O[Si](C)(C)C)C(=O)O[Si](C)(C)C. The Morgan fingerprint density at radius 1 is 0.583 bits per heavy atom. The summed E-state index contributed by atoms with van der Waals surface area (Å²) in [5.74, 6) is -4.18. The lowest BCUT2D eigenvalue weighted by Gasteiger charge is -2.29. The van der Waals surface area contributed by atoms with Gasteiger partial charge in [0.1, 0.15) is 0 Å². The highest BCUT2D eigenvalue weighted by molar-refractivity contribution is 6.72. The minimum atomic E-state index is -2.20. The van der Waals surface area contributed by atoms with E-state index in [1.54, 1.807) is 0 Å². The summed E-state index contributed by atoms with van der Waals surface area (Å²) in [7, 11) is -6.54. The molecule has 0 aliphatic rings. The maximum atomic E-state index is 12.5. The Morgan fingerprint density at radius 2 is 0.833 bits per heavy atom. The van der Waals surface area contributed by atoms with Gasteiger partial charge in [-0.2, -0.15) is 0 Å². The van der Waals surface area contributed by atoms with Crippen molar-refractivity contribution in [3.63, 3.8) is 0 Å². The molecule has 0 aromatic carbocycles. The number of hydrogen-bond donors (Lipinski definition) is 0. The van der Waals surface area contributed by atoms with Crippen LogP contribution in [0.15, 0.2) is 0 Å². The van der Waals surface area contributed by atoms with E-state index in [2.05, 4.69) is 0 Å². The van der Waals surface area contributed by atoms with Gasteiger partial charge in [0.15, 0.2) is 5.92 Å². The Labute approximate surface area is 148 Å². The molecule has 0 amide bonds. The van der Waals surface area contributed by atoms with Crippen molar-refractivity contribution in [2.75, 3.05) is 0 Å². The first-order chi connectivity index (χ1) is 10.4. The lowest BCUT2D eigenvalue weighted by molar-refractivity contribution is -0.160. The van der Waals surface area contributed by atoms with Gasteiger partial charge < -0.3 is 13.3 Å². The maximum absolute atomic E-state index is 12.5. The van der Waals surface area contributed by atoms with Gasteiger partial charge in [0.25, 0.3) is 5.97 Å². The molecule has 0 aliphatic carbocycles. The molecule has 0 rings (SSSR count). The summed E-state index contributed by atoms with van der Waals surface area (Å²) in [6.45, 7) is 18.2. The molecule has 0 heterocycles. The fourth-order valence-corrected chi connectivity index (χ4v) is 4.02. The zero-order chi connectivity index (χ0) is 19.5. The molecule has 0 spiro atoms. The Bertz CT molecular complexity index is 457. The van der Waals surface area contributed by atoms with Crippen molar-refractivity contribution in [1.82, 2.24) is 0 Å². The van der Waals surface area contributed by atoms with Crippen LogP contribution in [0.1, 0.15) is 6.92 Å². The molecule has 6 nitrogen and oxygen atoms in total. The Kier molecular flexibility index (Phi) is 7.65. The minimum absolute atomic E-state index is 0.556. The average molecular weight is 393 g/mol. The zero-order valence-electron chi connectivity index (χ0n) is 16.6. The topological polar surface area (TPSA) is 78.9 Å². The van der Waals surface area contributed by atoms with Crippen LogP contribution in [-0.4, -0.2) is 42.9 Å². The monoisotopic (exact) mass is 392 g/mol. The summed E-state index contributed by atoms with van der Waals surface area (Å²) in [5, 5.41) is 0. The Hall–Kier alpha value is -0.939. The Morgan fingerprint density at radius 3 is 1.08 bits per heavy atom. The second-order valence-corrected chi connectivity index (χ2v) is 22.2. The van der Waals surface area contributed by atoms with Crippen molar-refractivity contribution in [1.29, 1.82) is 0 Å². The van der Waals surface area contributed by atoms with E-state index in [1.165, 1.54) is 6.92 Å². The van der Waals surface area contributed by atoms with Crippen LogP contribution in [0.5, 0.6) is 0 Å². The first-order valence-electron chi connectivity index (χ1n) is 8.11. The van der Waals surface area contributed by atoms with Gasteiger partial charge in [-0.15, -0.1) is 0 Å². The smallest absolute Gasteiger partial charge is 0.307 e. The van der Waals surface area contributed by atoms with E-state index in [0.29, 0.717) is 0 Å². The van der Waals surface area contributed by atoms with E-state index in [0.717, 1.165) is 0 Å². The van der Waals surface area contributed by atoms with E-state index in [1.807, 2.05) is 58.9 Å². The van der Waals surface area contributed by atoms with Crippen molar-refractivity contribution in [3.05, 3.63) is 0 Å². The number of hydrogen-bond acceptors (Lipinski definition) is 6. The highest BCUT2D eigenvalue weighted by atomic mass is 28.4. The molecule has 0 radical (unpaired) electrons. The molecule has 24 heavy (non-hydrogen) atoms. The van der Waals surface area contributed by atoms with E-state index in [4.69, 9.17) is 13.3 Å². The van der Waals surface area contributed by atoms with Gasteiger partial charge in [0.05, 0.1) is 5.92 Å². The first kappa shape index (κ1) is 23.1. The number of rotatable bonds is 7. The van der Waals surface area contributed by atoms with Gasteiger partial charge in [0.2, 0.25) is 25.0 Å². The lowest BCUT2D eigenvalue weighted by Crippen LogP contribution is -2.45. The molecule has 0 fully saturated rings. The van der Waals surface area contributed by atoms with Gasteiger partial charge in [0, 0.05) is 0 Å². The zero-order valence-corrected chi connectivity index (χ0v) is 19.6. The number of carbonyl (C=O) groups is 3. The third-order valence-electron chi connectivity index (χ3n) is 2.60. The average Bonchev–Trinajstić information content (AvgIpc) is 2.20. The quantitative estimate of drug-likeness (QED) is 0.488. The van der Waals surface area contributed by atoms with Crippen molar-refractivity contribution in [2.24, 2.45) is 11.8 Å². The molecular weight excluding hydrogens is 360 g/mol. The second kappa shape index (κ2) is 7.96. The van der Waals surface area contributed by atoms with E-state index in [-0.39, 0.29) is 0 Å². The number of carbonyl (C=O) groups excluding carboxylic acids is 3. The van der Waals surface area contributed by atoms with Crippen molar-refractivity contribution in [3.8, 4) is 0 Å². The predicted molar refractivity (Wildman–Crippen MR) is 101 cm³/mol. The summed E-state index contributed by atoms with van der Waals surface area (Å²) in [6.07, 6.45) is 0. The van der Waals surface area contributed by atoms with Crippen molar-refractivity contribution < 1.29 is 27.7 Å². The van der Waals surface area contributed by atoms with Crippen LogP contribution in [0.25, 0.3) is 0 Å². The van der Waals surface area contributed by atoms with Crippen LogP contribution in [0.3, 0.4) is 0 Å². The first-order valence-corrected chi connectivity index (χ1v) is 18.3. The lowest BCUT2D eigenvalue weighted by atomic mass is 9.94. The van der Waals surface area contributed by atoms with E-state index in [9.17, 15) is 14.4 Å². The largest absolute Gasteiger partial charge is 0.520 e. The van der Waals surface area contributed by atoms with Crippen molar-refractivity contribution >= 4 is 42.9 Å². The molecular formula is C15H32O6Si3. The molecule has 0 saturated heterocycles. The third-order valence-corrected chi connectivity index (χ3v) is 5.04. The summed E-state index contributed by atoms with van der Waals surface area (Å²) >= 11 is 0.